The molecule has 0 aromatic heterocycles. The van der Waals surface area contributed by atoms with Gasteiger partial charge in [-0.15, -0.1) is 0 Å². The van der Waals surface area contributed by atoms with Crippen LogP contribution >= 0.6 is 0 Å². The molecule has 1 aromatic rings. The van der Waals surface area contributed by atoms with E-state index in [1.807, 2.05) is 30.3 Å². The number of carbonyl (C=O) groups excluding carboxylic acids is 3. The third-order valence-electron chi connectivity index (χ3n) is 3.21. The van der Waals surface area contributed by atoms with E-state index in [1.165, 1.54) is 4.90 Å². The second-order valence-corrected chi connectivity index (χ2v) is 4.64. The molecule has 2 amide bonds. The molecule has 1 aromatic carbocycles. The first-order valence-electron chi connectivity index (χ1n) is 6.36. The van der Waals surface area contributed by atoms with Crippen LogP contribution in [0.2, 0.25) is 0 Å². The van der Waals surface area contributed by atoms with Gasteiger partial charge in [-0.25, -0.2) is 4.79 Å². The zero-order valence-electron chi connectivity index (χ0n) is 10.9. The van der Waals surface area contributed by atoms with E-state index in [2.05, 4.69) is 5.32 Å². The van der Waals surface area contributed by atoms with Crippen LogP contribution in [0.15, 0.2) is 30.3 Å². The maximum Gasteiger partial charge on any atom is 0.407 e. The van der Waals surface area contributed by atoms with Crippen molar-refractivity contribution in [2.75, 3.05) is 6.54 Å². The van der Waals surface area contributed by atoms with Gasteiger partial charge in [-0.05, 0) is 12.0 Å². The Morgan fingerprint density at radius 2 is 2.10 bits per heavy atom. The van der Waals surface area contributed by atoms with Gasteiger partial charge in [-0.3, -0.25) is 4.79 Å². The van der Waals surface area contributed by atoms with Crippen LogP contribution in [0.4, 0.5) is 4.79 Å². The van der Waals surface area contributed by atoms with Crippen molar-refractivity contribution in [3.8, 4) is 0 Å². The molecule has 0 aliphatic carbocycles. The second-order valence-electron chi connectivity index (χ2n) is 4.64. The smallest absolute Gasteiger partial charge is 0.407 e. The molecule has 6 nitrogen and oxygen atoms in total. The first-order valence-corrected chi connectivity index (χ1v) is 6.36. The van der Waals surface area contributed by atoms with Gasteiger partial charge in [0, 0.05) is 6.54 Å². The van der Waals surface area contributed by atoms with Crippen molar-refractivity contribution >= 4 is 18.8 Å². The number of ether oxygens (including phenoxy) is 1. The van der Waals surface area contributed by atoms with Gasteiger partial charge in [0.05, 0.1) is 12.1 Å². The molecule has 1 aliphatic rings. The number of likely N-dealkylation sites (tertiary alicyclic amines) is 1. The standard InChI is InChI=1S/C14H16N2O4/c17-8-13-6-12(7-16(13)10-18)15-14(19)20-9-11-4-2-1-3-5-11/h1-5,8,10,12-13H,6-7,9H2,(H,15,19)/t12?,13-/m0/s1. The van der Waals surface area contributed by atoms with Crippen LogP contribution in [-0.4, -0.2) is 42.3 Å². The minimum Gasteiger partial charge on any atom is -0.445 e. The topological polar surface area (TPSA) is 75.7 Å². The van der Waals surface area contributed by atoms with Crippen molar-refractivity contribution < 1.29 is 19.1 Å². The van der Waals surface area contributed by atoms with E-state index < -0.39 is 12.1 Å². The molecule has 0 saturated carbocycles. The van der Waals surface area contributed by atoms with Gasteiger partial charge >= 0.3 is 6.09 Å². The molecule has 1 unspecified atom stereocenters. The Balaban J connectivity index is 1.78. The molecular formula is C14H16N2O4. The van der Waals surface area contributed by atoms with E-state index in [0.29, 0.717) is 25.7 Å². The molecule has 1 saturated heterocycles. The first-order chi connectivity index (χ1) is 9.72. The third kappa shape index (κ3) is 3.57. The SMILES string of the molecule is O=C[C@@H]1CC(NC(=O)OCc2ccccc2)CN1C=O. The molecule has 2 atom stereocenters. The van der Waals surface area contributed by atoms with Crippen LogP contribution in [0.1, 0.15) is 12.0 Å². The quantitative estimate of drug-likeness (QED) is 0.804. The Bertz CT molecular complexity index is 461. The fraction of sp³-hybridized carbons (Fsp3) is 0.357. The molecule has 2 rings (SSSR count). The number of hydrogen-bond donors (Lipinski definition) is 1. The molecule has 0 radical (unpaired) electrons. The highest BCUT2D eigenvalue weighted by Gasteiger charge is 2.31. The Morgan fingerprint density at radius 3 is 2.70 bits per heavy atom. The highest BCUT2D eigenvalue weighted by molar-refractivity contribution is 5.69. The van der Waals surface area contributed by atoms with Crippen molar-refractivity contribution in [1.29, 1.82) is 0 Å². The fourth-order valence-electron chi connectivity index (χ4n) is 2.18. The summed E-state index contributed by atoms with van der Waals surface area (Å²) in [5, 5.41) is 2.66. The molecule has 20 heavy (non-hydrogen) atoms. The molecule has 6 heteroatoms. The maximum absolute atomic E-state index is 11.6. The first kappa shape index (κ1) is 14.0. The number of hydrogen-bond acceptors (Lipinski definition) is 4. The van der Waals surface area contributed by atoms with Gasteiger partial charge in [0.25, 0.3) is 0 Å². The van der Waals surface area contributed by atoms with Crippen LogP contribution in [0.5, 0.6) is 0 Å². The zero-order chi connectivity index (χ0) is 14.4. The predicted octanol–water partition coefficient (Wildman–Crippen LogP) is 0.711. The third-order valence-corrected chi connectivity index (χ3v) is 3.21. The van der Waals surface area contributed by atoms with Crippen molar-refractivity contribution in [2.24, 2.45) is 0 Å². The predicted molar refractivity (Wildman–Crippen MR) is 70.8 cm³/mol. The van der Waals surface area contributed by atoms with E-state index in [0.717, 1.165) is 5.56 Å². The lowest BCUT2D eigenvalue weighted by molar-refractivity contribution is -0.123. The summed E-state index contributed by atoms with van der Waals surface area (Å²) in [6.45, 7) is 0.515. The van der Waals surface area contributed by atoms with Crippen molar-refractivity contribution in [2.45, 2.75) is 25.1 Å². The number of amides is 2. The average molecular weight is 276 g/mol. The minimum absolute atomic E-state index is 0.188. The Hall–Kier alpha value is -2.37. The number of alkyl carbamates (subject to hydrolysis) is 1. The molecule has 0 spiro atoms. The zero-order valence-corrected chi connectivity index (χ0v) is 10.9. The van der Waals surface area contributed by atoms with Crippen LogP contribution in [0.3, 0.4) is 0 Å². The maximum atomic E-state index is 11.6. The molecule has 1 N–H and O–H groups in total. The van der Waals surface area contributed by atoms with Crippen LogP contribution in [0, 0.1) is 0 Å². The molecule has 0 bridgehead atoms. The van der Waals surface area contributed by atoms with E-state index >= 15 is 0 Å². The normalized spacial score (nSPS) is 21.3. The summed E-state index contributed by atoms with van der Waals surface area (Å²) in [6.07, 6.45) is 1.21. The highest BCUT2D eigenvalue weighted by Crippen LogP contribution is 2.14. The Morgan fingerprint density at radius 1 is 1.35 bits per heavy atom. The van der Waals surface area contributed by atoms with Crippen LogP contribution in [0.25, 0.3) is 0 Å². The molecule has 106 valence electrons. The van der Waals surface area contributed by atoms with Gasteiger partial charge in [0.2, 0.25) is 6.41 Å². The second kappa shape index (κ2) is 6.70. The lowest BCUT2D eigenvalue weighted by atomic mass is 10.2. The van der Waals surface area contributed by atoms with Gasteiger partial charge in [0.15, 0.2) is 0 Å². The number of nitrogens with one attached hydrogen (secondary N) is 1. The summed E-state index contributed by atoms with van der Waals surface area (Å²) < 4.78 is 5.08. The highest BCUT2D eigenvalue weighted by atomic mass is 16.5. The molecule has 1 fully saturated rings. The summed E-state index contributed by atoms with van der Waals surface area (Å²) in [4.78, 5) is 34.5. The number of nitrogens with zero attached hydrogens (tertiary/aromatic N) is 1. The van der Waals surface area contributed by atoms with E-state index in [1.54, 1.807) is 0 Å². The van der Waals surface area contributed by atoms with Crippen molar-refractivity contribution in [1.82, 2.24) is 10.2 Å². The summed E-state index contributed by atoms with van der Waals surface area (Å²) in [7, 11) is 0. The number of carbonyl (C=O) groups is 3. The summed E-state index contributed by atoms with van der Waals surface area (Å²) in [5.74, 6) is 0. The number of benzene rings is 1. The molecular weight excluding hydrogens is 260 g/mol. The van der Waals surface area contributed by atoms with Crippen LogP contribution < -0.4 is 5.32 Å². The fourth-order valence-corrected chi connectivity index (χ4v) is 2.18. The Kier molecular flexibility index (Phi) is 4.70. The monoisotopic (exact) mass is 276 g/mol. The van der Waals surface area contributed by atoms with Crippen molar-refractivity contribution in [3.63, 3.8) is 0 Å². The van der Waals surface area contributed by atoms with Gasteiger partial charge in [0.1, 0.15) is 12.9 Å². The molecule has 1 heterocycles. The average Bonchev–Trinajstić information content (AvgIpc) is 2.88. The summed E-state index contributed by atoms with van der Waals surface area (Å²) in [5.41, 5.74) is 0.898. The number of aldehydes is 1. The van der Waals surface area contributed by atoms with Crippen molar-refractivity contribution in [3.05, 3.63) is 35.9 Å². The molecule has 1 aliphatic heterocycles. The van der Waals surface area contributed by atoms with Gasteiger partial charge in [-0.2, -0.15) is 0 Å². The summed E-state index contributed by atoms with van der Waals surface area (Å²) in [6, 6.07) is 8.62. The van der Waals surface area contributed by atoms with Gasteiger partial charge < -0.3 is 19.7 Å². The van der Waals surface area contributed by atoms with Crippen LogP contribution in [-0.2, 0) is 20.9 Å². The minimum atomic E-state index is -0.545. The number of rotatable bonds is 5. The van der Waals surface area contributed by atoms with Gasteiger partial charge in [-0.1, -0.05) is 30.3 Å². The van der Waals surface area contributed by atoms with E-state index in [9.17, 15) is 14.4 Å². The Labute approximate surface area is 116 Å². The summed E-state index contributed by atoms with van der Waals surface area (Å²) >= 11 is 0. The van der Waals surface area contributed by atoms with E-state index in [-0.39, 0.29) is 12.6 Å². The largest absolute Gasteiger partial charge is 0.445 e. The van der Waals surface area contributed by atoms with E-state index in [4.69, 9.17) is 4.74 Å². The lowest BCUT2D eigenvalue weighted by Crippen LogP contribution is -2.37. The lowest BCUT2D eigenvalue weighted by Gasteiger charge is -2.13.